The molecule has 3 aromatic rings. The van der Waals surface area contributed by atoms with E-state index >= 15 is 0 Å². The maximum atomic E-state index is 13.8. The molecule has 0 unspecified atom stereocenters. The van der Waals surface area contributed by atoms with E-state index in [2.05, 4.69) is 15.6 Å². The van der Waals surface area contributed by atoms with E-state index in [4.69, 9.17) is 0 Å². The predicted molar refractivity (Wildman–Crippen MR) is 113 cm³/mol. The Kier molecular flexibility index (Phi) is 7.25. The van der Waals surface area contributed by atoms with Crippen LogP contribution in [0.2, 0.25) is 0 Å². The Hall–Kier alpha value is -3.12. The molecule has 2 N–H and O–H groups in total. The van der Waals surface area contributed by atoms with Crippen molar-refractivity contribution >= 4 is 5.91 Å². The highest BCUT2D eigenvalue weighted by Gasteiger charge is 2.24. The summed E-state index contributed by atoms with van der Waals surface area (Å²) < 4.78 is 27.0. The van der Waals surface area contributed by atoms with E-state index in [0.717, 1.165) is 16.8 Å². The molecule has 0 radical (unpaired) electrons. The quantitative estimate of drug-likeness (QED) is 0.579. The van der Waals surface area contributed by atoms with Crippen molar-refractivity contribution in [1.29, 1.82) is 0 Å². The van der Waals surface area contributed by atoms with Gasteiger partial charge in [-0.15, -0.1) is 0 Å². The largest absolute Gasteiger partial charge is 0.358 e. The van der Waals surface area contributed by atoms with Gasteiger partial charge in [-0.3, -0.25) is 15.1 Å². The maximum Gasteiger partial charge on any atom is 0.241 e. The van der Waals surface area contributed by atoms with Gasteiger partial charge in [-0.1, -0.05) is 42.5 Å². The lowest BCUT2D eigenvalue weighted by atomic mass is 9.96. The van der Waals surface area contributed by atoms with Gasteiger partial charge in [-0.05, 0) is 54.7 Å². The molecule has 156 valence electrons. The fraction of sp³-hybridized carbons (Fsp3) is 0.250. The summed E-state index contributed by atoms with van der Waals surface area (Å²) in [6.45, 7) is 1.71. The van der Waals surface area contributed by atoms with Gasteiger partial charge < -0.3 is 5.32 Å². The Labute approximate surface area is 175 Å². The van der Waals surface area contributed by atoms with Crippen molar-refractivity contribution in [3.8, 4) is 0 Å². The van der Waals surface area contributed by atoms with Gasteiger partial charge in [-0.25, -0.2) is 8.78 Å². The molecular formula is C24H25F2N3O. The van der Waals surface area contributed by atoms with Crippen LogP contribution >= 0.6 is 0 Å². The Bertz CT molecular complexity index is 978. The van der Waals surface area contributed by atoms with Crippen LogP contribution in [-0.4, -0.2) is 17.9 Å². The molecule has 6 heteroatoms. The zero-order chi connectivity index (χ0) is 21.5. The van der Waals surface area contributed by atoms with Crippen molar-refractivity contribution in [3.05, 3.63) is 101 Å². The number of pyridine rings is 1. The average Bonchev–Trinajstić information content (AvgIpc) is 2.77. The normalized spacial score (nSPS) is 12.9. The van der Waals surface area contributed by atoms with Crippen molar-refractivity contribution in [2.24, 2.45) is 0 Å². The van der Waals surface area contributed by atoms with Gasteiger partial charge in [0, 0.05) is 18.8 Å². The number of carbonyl (C=O) groups is 1. The fourth-order valence-corrected chi connectivity index (χ4v) is 3.39. The van der Waals surface area contributed by atoms with E-state index in [0.29, 0.717) is 18.4 Å². The SMILES string of the molecule is CNC(=O)[C@@H](N[C@H](CCc1ccc(F)cn1)c1ccc(F)c(C)c1)c1ccccc1. The minimum atomic E-state index is -0.576. The zero-order valence-corrected chi connectivity index (χ0v) is 17.0. The number of likely N-dealkylation sites (N-methyl/N-ethyl adjacent to an activating group) is 1. The topological polar surface area (TPSA) is 54.0 Å². The van der Waals surface area contributed by atoms with Crippen molar-refractivity contribution in [1.82, 2.24) is 15.6 Å². The van der Waals surface area contributed by atoms with Gasteiger partial charge in [0.15, 0.2) is 0 Å². The first-order chi connectivity index (χ1) is 14.5. The number of amides is 1. The minimum absolute atomic E-state index is 0.162. The Morgan fingerprint density at radius 1 is 1.03 bits per heavy atom. The summed E-state index contributed by atoms with van der Waals surface area (Å²) in [5.74, 6) is -0.820. The Morgan fingerprint density at radius 3 is 2.43 bits per heavy atom. The van der Waals surface area contributed by atoms with Gasteiger partial charge in [0.25, 0.3) is 0 Å². The van der Waals surface area contributed by atoms with Gasteiger partial charge in [0.1, 0.15) is 17.7 Å². The lowest BCUT2D eigenvalue weighted by molar-refractivity contribution is -0.123. The van der Waals surface area contributed by atoms with Crippen LogP contribution in [0.4, 0.5) is 8.78 Å². The van der Waals surface area contributed by atoms with E-state index in [-0.39, 0.29) is 23.6 Å². The van der Waals surface area contributed by atoms with Gasteiger partial charge >= 0.3 is 0 Å². The summed E-state index contributed by atoms with van der Waals surface area (Å²) in [7, 11) is 1.60. The van der Waals surface area contributed by atoms with Gasteiger partial charge in [-0.2, -0.15) is 0 Å². The number of hydrogen-bond donors (Lipinski definition) is 2. The zero-order valence-electron chi connectivity index (χ0n) is 17.0. The first kappa shape index (κ1) is 21.6. The van der Waals surface area contributed by atoms with Crippen molar-refractivity contribution in [3.63, 3.8) is 0 Å². The number of aryl methyl sites for hydroxylation is 2. The highest BCUT2D eigenvalue weighted by molar-refractivity contribution is 5.83. The summed E-state index contributed by atoms with van der Waals surface area (Å²) in [5, 5.41) is 6.13. The van der Waals surface area contributed by atoms with Gasteiger partial charge in [0.2, 0.25) is 5.91 Å². The number of benzene rings is 2. The molecule has 0 spiro atoms. The summed E-state index contributed by atoms with van der Waals surface area (Å²) in [6, 6.07) is 16.6. The lowest BCUT2D eigenvalue weighted by Crippen LogP contribution is -2.38. The average molecular weight is 409 g/mol. The van der Waals surface area contributed by atoms with Crippen molar-refractivity contribution in [2.75, 3.05) is 7.05 Å². The summed E-state index contributed by atoms with van der Waals surface area (Å²) in [4.78, 5) is 16.7. The number of rotatable bonds is 8. The molecule has 0 aliphatic heterocycles. The number of nitrogens with one attached hydrogen (secondary N) is 2. The van der Waals surface area contributed by atoms with Crippen LogP contribution in [0.15, 0.2) is 66.9 Å². The molecule has 1 aromatic heterocycles. The van der Waals surface area contributed by atoms with Gasteiger partial charge in [0.05, 0.1) is 6.20 Å². The van der Waals surface area contributed by atoms with Crippen LogP contribution in [-0.2, 0) is 11.2 Å². The molecule has 0 bridgehead atoms. The van der Waals surface area contributed by atoms with Crippen molar-refractivity contribution < 1.29 is 13.6 Å². The monoisotopic (exact) mass is 409 g/mol. The molecule has 4 nitrogen and oxygen atoms in total. The van der Waals surface area contributed by atoms with Crippen LogP contribution in [0.5, 0.6) is 0 Å². The molecule has 1 heterocycles. The first-order valence-corrected chi connectivity index (χ1v) is 9.87. The molecule has 30 heavy (non-hydrogen) atoms. The number of nitrogens with zero attached hydrogens (tertiary/aromatic N) is 1. The van der Waals surface area contributed by atoms with Crippen LogP contribution in [0.1, 0.15) is 40.9 Å². The lowest BCUT2D eigenvalue weighted by Gasteiger charge is -2.26. The molecule has 2 aromatic carbocycles. The molecule has 0 aliphatic carbocycles. The molecule has 1 amide bonds. The summed E-state index contributed by atoms with van der Waals surface area (Å²) >= 11 is 0. The fourth-order valence-electron chi connectivity index (χ4n) is 3.39. The number of halogens is 2. The molecule has 0 saturated carbocycles. The number of carbonyl (C=O) groups excluding carboxylic acids is 1. The smallest absolute Gasteiger partial charge is 0.241 e. The van der Waals surface area contributed by atoms with E-state index in [9.17, 15) is 13.6 Å². The molecule has 2 atom stereocenters. The second kappa shape index (κ2) is 10.1. The van der Waals surface area contributed by atoms with Crippen LogP contribution in [0.3, 0.4) is 0 Å². The van der Waals surface area contributed by atoms with E-state index in [1.807, 2.05) is 30.3 Å². The number of aromatic nitrogens is 1. The van der Waals surface area contributed by atoms with Crippen LogP contribution < -0.4 is 10.6 Å². The molecule has 0 fully saturated rings. The van der Waals surface area contributed by atoms with E-state index in [1.54, 1.807) is 32.2 Å². The second-order valence-electron chi connectivity index (χ2n) is 7.19. The molecular weight excluding hydrogens is 384 g/mol. The molecule has 3 rings (SSSR count). The minimum Gasteiger partial charge on any atom is -0.358 e. The highest BCUT2D eigenvalue weighted by Crippen LogP contribution is 2.26. The second-order valence-corrected chi connectivity index (χ2v) is 7.19. The summed E-state index contributed by atoms with van der Waals surface area (Å²) in [5.41, 5.74) is 3.00. The third-order valence-corrected chi connectivity index (χ3v) is 5.07. The van der Waals surface area contributed by atoms with Crippen LogP contribution in [0, 0.1) is 18.6 Å². The Balaban J connectivity index is 1.89. The third-order valence-electron chi connectivity index (χ3n) is 5.07. The van der Waals surface area contributed by atoms with E-state index in [1.165, 1.54) is 18.3 Å². The van der Waals surface area contributed by atoms with Crippen molar-refractivity contribution in [2.45, 2.75) is 31.8 Å². The number of hydrogen-bond acceptors (Lipinski definition) is 3. The van der Waals surface area contributed by atoms with Crippen LogP contribution in [0.25, 0.3) is 0 Å². The molecule has 0 aliphatic rings. The third kappa shape index (κ3) is 5.48. The standard InChI is InChI=1S/C24H25F2N3O/c1-16-14-18(8-12-21(16)26)22(13-11-20-10-9-19(25)15-28-20)29-23(24(30)27-2)17-6-4-3-5-7-17/h3-10,12,14-15,22-23,29H,11,13H2,1-2H3,(H,27,30)/t22-,23+/m1/s1. The van der Waals surface area contributed by atoms with E-state index < -0.39 is 6.04 Å². The summed E-state index contributed by atoms with van der Waals surface area (Å²) in [6.07, 6.45) is 2.37. The first-order valence-electron chi connectivity index (χ1n) is 9.87. The molecule has 0 saturated heterocycles. The Morgan fingerprint density at radius 2 is 1.80 bits per heavy atom. The highest BCUT2D eigenvalue weighted by atomic mass is 19.1. The maximum absolute atomic E-state index is 13.8. The predicted octanol–water partition coefficient (Wildman–Crippen LogP) is 4.42.